The zero-order valence-corrected chi connectivity index (χ0v) is 22.8. The molecule has 0 radical (unpaired) electrons. The Morgan fingerprint density at radius 1 is 1.15 bits per heavy atom. The van der Waals surface area contributed by atoms with E-state index < -0.39 is 6.61 Å². The first-order chi connectivity index (χ1) is 19.8. The molecule has 0 aliphatic carbocycles. The molecule has 1 fully saturated rings. The van der Waals surface area contributed by atoms with Gasteiger partial charge in [-0.05, 0) is 31.2 Å². The van der Waals surface area contributed by atoms with Crippen molar-refractivity contribution in [3.05, 3.63) is 54.1 Å². The molecule has 12 nitrogen and oxygen atoms in total. The van der Waals surface area contributed by atoms with Crippen molar-refractivity contribution in [1.29, 1.82) is 0 Å². The van der Waals surface area contributed by atoms with Gasteiger partial charge < -0.3 is 19.7 Å². The fourth-order valence-corrected chi connectivity index (χ4v) is 4.69. The van der Waals surface area contributed by atoms with Crippen LogP contribution in [0.2, 0.25) is 5.02 Å². The summed E-state index contributed by atoms with van der Waals surface area (Å²) in [5.41, 5.74) is 1.92. The summed E-state index contributed by atoms with van der Waals surface area (Å²) in [6, 6.07) is 5.98. The van der Waals surface area contributed by atoms with E-state index in [4.69, 9.17) is 21.1 Å². The number of rotatable bonds is 10. The summed E-state index contributed by atoms with van der Waals surface area (Å²) in [4.78, 5) is 32.9. The number of nitrogens with one attached hydrogen (secondary N) is 1. The quantitative estimate of drug-likeness (QED) is 0.278. The van der Waals surface area contributed by atoms with Gasteiger partial charge in [-0.25, -0.2) is 9.50 Å². The van der Waals surface area contributed by atoms with E-state index in [0.717, 1.165) is 0 Å². The summed E-state index contributed by atoms with van der Waals surface area (Å²) in [5.74, 6) is -0.608. The lowest BCUT2D eigenvalue weighted by molar-refractivity contribution is -0.145. The van der Waals surface area contributed by atoms with Crippen LogP contribution in [-0.4, -0.2) is 92.0 Å². The number of halogens is 3. The van der Waals surface area contributed by atoms with Crippen molar-refractivity contribution >= 4 is 40.5 Å². The average Bonchev–Trinajstić information content (AvgIpc) is 3.54. The van der Waals surface area contributed by atoms with Gasteiger partial charge in [0.1, 0.15) is 23.7 Å². The van der Waals surface area contributed by atoms with E-state index in [0.29, 0.717) is 49.8 Å². The summed E-state index contributed by atoms with van der Waals surface area (Å²) in [6.45, 7) is 1.00. The molecule has 1 amide bonds. The Hall–Kier alpha value is -4.30. The third-order valence-corrected chi connectivity index (χ3v) is 6.64. The van der Waals surface area contributed by atoms with Crippen LogP contribution in [0.5, 0.6) is 5.75 Å². The van der Waals surface area contributed by atoms with Crippen molar-refractivity contribution in [2.24, 2.45) is 0 Å². The second-order valence-corrected chi connectivity index (χ2v) is 9.58. The first-order valence-electron chi connectivity index (χ1n) is 12.8. The fraction of sp³-hybridized carbons (Fsp3) is 0.346. The van der Waals surface area contributed by atoms with E-state index in [1.165, 1.54) is 22.9 Å². The van der Waals surface area contributed by atoms with Crippen LogP contribution in [0.25, 0.3) is 16.9 Å². The van der Waals surface area contributed by atoms with Crippen molar-refractivity contribution in [2.45, 2.75) is 20.1 Å². The molecule has 1 aromatic carbocycles. The molecule has 0 saturated carbocycles. The van der Waals surface area contributed by atoms with E-state index in [9.17, 15) is 18.4 Å². The van der Waals surface area contributed by atoms with Gasteiger partial charge in [-0.15, -0.1) is 0 Å². The Balaban J connectivity index is 1.40. The van der Waals surface area contributed by atoms with Crippen LogP contribution < -0.4 is 10.1 Å². The summed E-state index contributed by atoms with van der Waals surface area (Å²) < 4.78 is 39.2. The molecule has 3 aromatic heterocycles. The highest BCUT2D eigenvalue weighted by atomic mass is 35.5. The number of piperazine rings is 1. The number of hydrogen-bond donors (Lipinski definition) is 1. The predicted molar refractivity (Wildman–Crippen MR) is 145 cm³/mol. The molecule has 0 spiro atoms. The molecule has 1 N–H and O–H groups in total. The first kappa shape index (κ1) is 28.2. The SMILES string of the molecule is CCOC(=O)CN1CCN(C(=O)Cn2cc(Nc3cnn4cccnc34)c(-c3cc(Cl)ccc3OC(F)F)n2)CC1. The van der Waals surface area contributed by atoms with E-state index in [1.807, 2.05) is 4.90 Å². The van der Waals surface area contributed by atoms with Crippen LogP contribution in [0.1, 0.15) is 6.92 Å². The standard InChI is InChI=1S/C26H27ClF2N8O4/c1-2-40-23(39)16-34-8-10-35(11-9-34)22(38)15-36-14-20(32-19-13-31-37-7-3-6-30-25(19)37)24(33-36)18-12-17(27)4-5-21(18)41-26(28)29/h3-7,12-14,26,32H,2,8-11,15-16H2,1H3. The van der Waals surface area contributed by atoms with Gasteiger partial charge in [0.05, 0.1) is 25.0 Å². The Kier molecular flexibility index (Phi) is 8.59. The van der Waals surface area contributed by atoms with Crippen LogP contribution in [0.3, 0.4) is 0 Å². The fourth-order valence-electron chi connectivity index (χ4n) is 4.52. The van der Waals surface area contributed by atoms with Gasteiger partial charge >= 0.3 is 12.6 Å². The van der Waals surface area contributed by atoms with E-state index in [2.05, 4.69) is 20.5 Å². The number of amides is 1. The van der Waals surface area contributed by atoms with Crippen LogP contribution in [0.15, 0.2) is 49.1 Å². The number of nitrogens with zero attached hydrogens (tertiary/aromatic N) is 7. The van der Waals surface area contributed by atoms with E-state index >= 15 is 0 Å². The smallest absolute Gasteiger partial charge is 0.387 e. The van der Waals surface area contributed by atoms with Gasteiger partial charge in [-0.1, -0.05) is 11.6 Å². The zero-order valence-electron chi connectivity index (χ0n) is 22.0. The molecule has 1 aliphatic heterocycles. The van der Waals surface area contributed by atoms with Crippen LogP contribution >= 0.6 is 11.6 Å². The number of aromatic nitrogens is 5. The van der Waals surface area contributed by atoms with E-state index in [1.54, 1.807) is 47.2 Å². The number of benzene rings is 1. The minimum atomic E-state index is -3.07. The third kappa shape index (κ3) is 6.72. The van der Waals surface area contributed by atoms with Crippen molar-refractivity contribution < 1.29 is 27.8 Å². The Bertz CT molecular complexity index is 1540. The maximum Gasteiger partial charge on any atom is 0.387 e. The second-order valence-electron chi connectivity index (χ2n) is 9.14. The Labute approximate surface area is 238 Å². The summed E-state index contributed by atoms with van der Waals surface area (Å²) in [6.07, 6.45) is 6.51. The normalized spacial score (nSPS) is 14.0. The molecular weight excluding hydrogens is 562 g/mol. The largest absolute Gasteiger partial charge is 0.465 e. The van der Waals surface area contributed by atoms with E-state index in [-0.39, 0.29) is 47.0 Å². The first-order valence-corrected chi connectivity index (χ1v) is 13.2. The van der Waals surface area contributed by atoms with Crippen molar-refractivity contribution in [3.8, 4) is 17.0 Å². The monoisotopic (exact) mass is 588 g/mol. The lowest BCUT2D eigenvalue weighted by atomic mass is 10.1. The summed E-state index contributed by atoms with van der Waals surface area (Å²) in [5, 5.41) is 12.3. The molecule has 0 atom stereocenters. The topological polar surface area (TPSA) is 119 Å². The molecule has 216 valence electrons. The average molecular weight is 589 g/mol. The van der Waals surface area contributed by atoms with Crippen LogP contribution in [-0.2, 0) is 20.9 Å². The lowest BCUT2D eigenvalue weighted by Gasteiger charge is -2.34. The van der Waals surface area contributed by atoms with Crippen molar-refractivity contribution in [3.63, 3.8) is 0 Å². The number of ether oxygens (including phenoxy) is 2. The number of anilines is 2. The third-order valence-electron chi connectivity index (χ3n) is 6.40. The van der Waals surface area contributed by atoms with Crippen molar-refractivity contribution in [1.82, 2.24) is 34.2 Å². The Morgan fingerprint density at radius 3 is 2.71 bits per heavy atom. The number of carbonyl (C=O) groups is 2. The molecular formula is C26H27ClF2N8O4. The molecule has 15 heteroatoms. The molecule has 1 saturated heterocycles. The van der Waals surface area contributed by atoms with Crippen LogP contribution in [0, 0.1) is 0 Å². The molecule has 0 bridgehead atoms. The molecule has 1 aliphatic rings. The number of alkyl halides is 2. The minimum absolute atomic E-state index is 0.106. The molecule has 4 heterocycles. The molecule has 5 rings (SSSR count). The summed E-state index contributed by atoms with van der Waals surface area (Å²) >= 11 is 6.21. The summed E-state index contributed by atoms with van der Waals surface area (Å²) in [7, 11) is 0. The highest BCUT2D eigenvalue weighted by molar-refractivity contribution is 6.31. The van der Waals surface area contributed by atoms with Gasteiger partial charge in [0.25, 0.3) is 0 Å². The lowest BCUT2D eigenvalue weighted by Crippen LogP contribution is -2.50. The second kappa shape index (κ2) is 12.5. The minimum Gasteiger partial charge on any atom is -0.465 e. The number of carbonyl (C=O) groups excluding carboxylic acids is 2. The van der Waals surface area contributed by atoms with Gasteiger partial charge in [0.2, 0.25) is 5.91 Å². The molecule has 41 heavy (non-hydrogen) atoms. The maximum absolute atomic E-state index is 13.2. The Morgan fingerprint density at radius 2 is 1.95 bits per heavy atom. The zero-order chi connectivity index (χ0) is 28.9. The molecule has 4 aromatic rings. The number of esters is 1. The van der Waals surface area contributed by atoms with Gasteiger partial charge in [-0.3, -0.25) is 19.2 Å². The highest BCUT2D eigenvalue weighted by Crippen LogP contribution is 2.38. The maximum atomic E-state index is 13.2. The number of fused-ring (bicyclic) bond motifs is 1. The number of hydrogen-bond acceptors (Lipinski definition) is 9. The van der Waals surface area contributed by atoms with Gasteiger partial charge in [0.15, 0.2) is 5.65 Å². The molecule has 0 unspecified atom stereocenters. The van der Waals surface area contributed by atoms with Crippen LogP contribution in [0.4, 0.5) is 20.2 Å². The van der Waals surface area contributed by atoms with Gasteiger partial charge in [0, 0.05) is 55.4 Å². The highest BCUT2D eigenvalue weighted by Gasteiger charge is 2.25. The predicted octanol–water partition coefficient (Wildman–Crippen LogP) is 3.30. The van der Waals surface area contributed by atoms with Gasteiger partial charge in [-0.2, -0.15) is 19.0 Å². The van der Waals surface area contributed by atoms with Crippen molar-refractivity contribution in [2.75, 3.05) is 44.6 Å².